The molecule has 0 heterocycles. The monoisotopic (exact) mass is 411 g/mol. The highest BCUT2D eigenvalue weighted by atomic mass is 19.1. The first-order valence-corrected chi connectivity index (χ1v) is 9.29. The maximum Gasteiger partial charge on any atom is 0.259 e. The molecule has 30 heavy (non-hydrogen) atoms. The topological polar surface area (TPSA) is 77.0 Å². The van der Waals surface area contributed by atoms with Crippen molar-refractivity contribution < 1.29 is 28.5 Å². The van der Waals surface area contributed by atoms with E-state index < -0.39 is 11.9 Å². The predicted octanol–water partition coefficient (Wildman–Crippen LogP) is 3.91. The fraction of sp³-hybridized carbons (Fsp3) is 0.174. The predicted molar refractivity (Wildman–Crippen MR) is 111 cm³/mol. The summed E-state index contributed by atoms with van der Waals surface area (Å²) in [4.78, 5) is 12.4. The fourth-order valence-corrected chi connectivity index (χ4v) is 2.65. The zero-order valence-corrected chi connectivity index (χ0v) is 16.4. The highest BCUT2D eigenvalue weighted by molar-refractivity contribution is 6.06. The first-order valence-electron chi connectivity index (χ1n) is 9.29. The normalized spacial score (nSPS) is 11.4. The van der Waals surface area contributed by atoms with Gasteiger partial charge in [-0.1, -0.05) is 24.3 Å². The molecule has 0 radical (unpaired) electrons. The molecule has 3 aromatic carbocycles. The smallest absolute Gasteiger partial charge is 0.259 e. The lowest BCUT2D eigenvalue weighted by Gasteiger charge is -2.14. The van der Waals surface area contributed by atoms with Crippen LogP contribution in [0.3, 0.4) is 0 Å². The molecule has 0 spiro atoms. The lowest BCUT2D eigenvalue weighted by atomic mass is 10.2. The maximum atomic E-state index is 13.5. The number of para-hydroxylation sites is 2. The second-order valence-corrected chi connectivity index (χ2v) is 6.39. The molecule has 0 saturated heterocycles. The number of anilines is 1. The lowest BCUT2D eigenvalue weighted by Crippen LogP contribution is -2.25. The highest BCUT2D eigenvalue weighted by Crippen LogP contribution is 2.21. The van der Waals surface area contributed by atoms with Gasteiger partial charge in [0.15, 0.2) is 11.6 Å². The van der Waals surface area contributed by atoms with E-state index in [9.17, 15) is 14.3 Å². The van der Waals surface area contributed by atoms with Crippen LogP contribution in [0.4, 0.5) is 10.1 Å². The molecule has 156 valence electrons. The summed E-state index contributed by atoms with van der Waals surface area (Å²) in [5, 5.41) is 12.8. The lowest BCUT2D eigenvalue weighted by molar-refractivity contribution is 0.0613. The average molecular weight is 411 g/mol. The number of halogens is 1. The fourth-order valence-electron chi connectivity index (χ4n) is 2.65. The number of hydrogen-bond acceptors (Lipinski definition) is 5. The quantitative estimate of drug-likeness (QED) is 0.558. The van der Waals surface area contributed by atoms with E-state index in [0.717, 1.165) is 0 Å². The number of amides is 1. The van der Waals surface area contributed by atoms with Gasteiger partial charge in [-0.2, -0.15) is 0 Å². The summed E-state index contributed by atoms with van der Waals surface area (Å²) >= 11 is 0. The van der Waals surface area contributed by atoms with Gasteiger partial charge in [-0.05, 0) is 48.5 Å². The van der Waals surface area contributed by atoms with E-state index in [2.05, 4.69) is 5.32 Å². The van der Waals surface area contributed by atoms with Gasteiger partial charge in [0.1, 0.15) is 30.8 Å². The molecule has 2 N–H and O–H groups in total. The van der Waals surface area contributed by atoms with Gasteiger partial charge in [-0.25, -0.2) is 4.39 Å². The second kappa shape index (κ2) is 10.3. The van der Waals surface area contributed by atoms with Crippen LogP contribution in [0, 0.1) is 5.82 Å². The van der Waals surface area contributed by atoms with E-state index in [1.807, 2.05) is 0 Å². The van der Waals surface area contributed by atoms with Gasteiger partial charge < -0.3 is 24.6 Å². The molecule has 6 nitrogen and oxygen atoms in total. The molecule has 0 bridgehead atoms. The number of carbonyl (C=O) groups excluding carboxylic acids is 1. The Hall–Kier alpha value is -3.58. The van der Waals surface area contributed by atoms with Gasteiger partial charge >= 0.3 is 0 Å². The third-order valence-corrected chi connectivity index (χ3v) is 4.17. The Morgan fingerprint density at radius 1 is 0.933 bits per heavy atom. The van der Waals surface area contributed by atoms with Crippen molar-refractivity contribution in [1.29, 1.82) is 0 Å². The molecule has 1 unspecified atom stereocenters. The summed E-state index contributed by atoms with van der Waals surface area (Å²) in [5.74, 6) is 0.293. The highest BCUT2D eigenvalue weighted by Gasteiger charge is 2.12. The largest absolute Gasteiger partial charge is 0.496 e. The van der Waals surface area contributed by atoms with Crippen molar-refractivity contribution in [2.24, 2.45) is 0 Å². The van der Waals surface area contributed by atoms with Crippen molar-refractivity contribution in [2.45, 2.75) is 6.10 Å². The number of hydrogen-bond donors (Lipinski definition) is 2. The van der Waals surface area contributed by atoms with Crippen LogP contribution in [0.2, 0.25) is 0 Å². The van der Waals surface area contributed by atoms with Crippen LogP contribution in [0.5, 0.6) is 17.2 Å². The molecule has 0 aliphatic rings. The molecule has 1 atom stereocenters. The number of carbonyl (C=O) groups is 1. The minimum absolute atomic E-state index is 0.0264. The van der Waals surface area contributed by atoms with Crippen LogP contribution >= 0.6 is 0 Å². The van der Waals surface area contributed by atoms with Crippen LogP contribution in [-0.2, 0) is 0 Å². The number of aliphatic hydroxyl groups excluding tert-OH is 1. The van der Waals surface area contributed by atoms with Crippen molar-refractivity contribution in [3.8, 4) is 17.2 Å². The second-order valence-electron chi connectivity index (χ2n) is 6.39. The van der Waals surface area contributed by atoms with E-state index in [0.29, 0.717) is 22.7 Å². The Labute approximate surface area is 173 Å². The molecule has 1 amide bonds. The average Bonchev–Trinajstić information content (AvgIpc) is 2.78. The Morgan fingerprint density at radius 3 is 2.27 bits per heavy atom. The van der Waals surface area contributed by atoms with Crippen LogP contribution in [0.15, 0.2) is 72.8 Å². The Morgan fingerprint density at radius 2 is 1.57 bits per heavy atom. The van der Waals surface area contributed by atoms with E-state index in [1.165, 1.54) is 19.2 Å². The molecule has 3 rings (SSSR count). The number of aliphatic hydroxyl groups is 1. The first-order chi connectivity index (χ1) is 14.6. The maximum absolute atomic E-state index is 13.5. The molecule has 0 aliphatic heterocycles. The molecule has 7 heteroatoms. The Kier molecular flexibility index (Phi) is 7.24. The summed E-state index contributed by atoms with van der Waals surface area (Å²) in [7, 11) is 1.51. The zero-order valence-electron chi connectivity index (χ0n) is 16.4. The molecule has 0 saturated carbocycles. The van der Waals surface area contributed by atoms with Gasteiger partial charge in [0.2, 0.25) is 0 Å². The van der Waals surface area contributed by atoms with Crippen LogP contribution in [-0.4, -0.2) is 37.4 Å². The van der Waals surface area contributed by atoms with E-state index in [4.69, 9.17) is 14.2 Å². The number of methoxy groups -OCH3 is 1. The van der Waals surface area contributed by atoms with Crippen LogP contribution < -0.4 is 19.5 Å². The van der Waals surface area contributed by atoms with Gasteiger partial charge in [-0.15, -0.1) is 0 Å². The Bertz CT molecular complexity index is 977. The zero-order chi connectivity index (χ0) is 21.3. The van der Waals surface area contributed by atoms with Crippen molar-refractivity contribution in [3.63, 3.8) is 0 Å². The van der Waals surface area contributed by atoms with Crippen molar-refractivity contribution >= 4 is 11.6 Å². The number of nitrogens with one attached hydrogen (secondary N) is 1. The van der Waals surface area contributed by atoms with Gasteiger partial charge in [0.05, 0.1) is 12.7 Å². The van der Waals surface area contributed by atoms with Gasteiger partial charge in [-0.3, -0.25) is 4.79 Å². The molecule has 3 aromatic rings. The Balaban J connectivity index is 1.48. The number of ether oxygens (including phenoxy) is 3. The van der Waals surface area contributed by atoms with Crippen molar-refractivity contribution in [3.05, 3.63) is 84.2 Å². The summed E-state index contributed by atoms with van der Waals surface area (Å²) in [6, 6.07) is 19.6. The van der Waals surface area contributed by atoms with Crippen LogP contribution in [0.25, 0.3) is 0 Å². The first kappa shape index (κ1) is 21.1. The summed E-state index contributed by atoms with van der Waals surface area (Å²) in [6.45, 7) is -0.130. The van der Waals surface area contributed by atoms with Crippen molar-refractivity contribution in [1.82, 2.24) is 0 Å². The van der Waals surface area contributed by atoms with E-state index in [1.54, 1.807) is 60.7 Å². The summed E-state index contributed by atoms with van der Waals surface area (Å²) in [5.41, 5.74) is 1.01. The number of benzene rings is 3. The van der Waals surface area contributed by atoms with E-state index >= 15 is 0 Å². The minimum Gasteiger partial charge on any atom is -0.496 e. The molecule has 0 fully saturated rings. The molecular weight excluding hydrogens is 389 g/mol. The summed E-state index contributed by atoms with van der Waals surface area (Å²) < 4.78 is 29.5. The van der Waals surface area contributed by atoms with Gasteiger partial charge in [0.25, 0.3) is 5.91 Å². The minimum atomic E-state index is -0.936. The SMILES string of the molecule is COc1ccccc1C(=O)Nc1ccc(OCC(O)COc2ccccc2F)cc1. The standard InChI is InChI=1S/C23H22FNO5/c1-28-21-8-4-2-6-19(21)23(27)25-16-10-12-18(13-11-16)29-14-17(26)15-30-22-9-5-3-7-20(22)24/h2-13,17,26H,14-15H2,1H3,(H,25,27). The van der Waals surface area contributed by atoms with E-state index in [-0.39, 0.29) is 24.9 Å². The van der Waals surface area contributed by atoms with Crippen LogP contribution in [0.1, 0.15) is 10.4 Å². The van der Waals surface area contributed by atoms with Crippen molar-refractivity contribution in [2.75, 3.05) is 25.6 Å². The molecule has 0 aromatic heterocycles. The molecule has 0 aliphatic carbocycles. The third-order valence-electron chi connectivity index (χ3n) is 4.17. The molecular formula is C23H22FNO5. The third kappa shape index (κ3) is 5.71. The summed E-state index contributed by atoms with van der Waals surface area (Å²) in [6.07, 6.45) is -0.936. The van der Waals surface area contributed by atoms with Gasteiger partial charge in [0, 0.05) is 5.69 Å². The number of rotatable bonds is 9.